The van der Waals surface area contributed by atoms with Crippen molar-refractivity contribution in [3.63, 3.8) is 0 Å². The van der Waals surface area contributed by atoms with Gasteiger partial charge in [-0.15, -0.1) is 0 Å². The molecule has 6 nitrogen and oxygen atoms in total. The van der Waals surface area contributed by atoms with Gasteiger partial charge < -0.3 is 30.3 Å². The van der Waals surface area contributed by atoms with E-state index in [1.165, 1.54) is 0 Å². The van der Waals surface area contributed by atoms with Crippen LogP contribution in [0.1, 0.15) is 79.1 Å². The second-order valence-electron chi connectivity index (χ2n) is 11.2. The molecule has 0 bridgehead atoms. The van der Waals surface area contributed by atoms with Crippen LogP contribution >= 0.6 is 0 Å². The van der Waals surface area contributed by atoms with Crippen molar-refractivity contribution >= 4 is 0 Å². The Balaban J connectivity index is 1.93. The van der Waals surface area contributed by atoms with E-state index in [9.17, 15) is 25.5 Å². The minimum atomic E-state index is -0.752. The van der Waals surface area contributed by atoms with Crippen LogP contribution in [0.25, 0.3) is 0 Å². The van der Waals surface area contributed by atoms with Gasteiger partial charge in [0.05, 0.1) is 30.0 Å². The molecule has 34 heavy (non-hydrogen) atoms. The van der Waals surface area contributed by atoms with Crippen molar-refractivity contribution in [1.82, 2.24) is 0 Å². The summed E-state index contributed by atoms with van der Waals surface area (Å²) in [4.78, 5) is 0. The van der Waals surface area contributed by atoms with Gasteiger partial charge in [0.25, 0.3) is 0 Å². The molecule has 0 radical (unpaired) electrons. The Morgan fingerprint density at radius 2 is 1.06 bits per heavy atom. The third-order valence-corrected chi connectivity index (χ3v) is 7.19. The largest absolute Gasteiger partial charge is 0.396 e. The summed E-state index contributed by atoms with van der Waals surface area (Å²) in [5.41, 5.74) is 2.74. The molecule has 4 unspecified atom stereocenters. The Hall–Kier alpha value is -1.28. The minimum Gasteiger partial charge on any atom is -0.396 e. The molecule has 0 spiro atoms. The summed E-state index contributed by atoms with van der Waals surface area (Å²) < 4.78 is 5.47. The van der Waals surface area contributed by atoms with E-state index in [0.29, 0.717) is 25.7 Å². The quantitative estimate of drug-likeness (QED) is 0.258. The van der Waals surface area contributed by atoms with E-state index in [4.69, 9.17) is 4.74 Å². The third-order valence-electron chi connectivity index (χ3n) is 7.19. The van der Waals surface area contributed by atoms with Crippen LogP contribution in [0.5, 0.6) is 0 Å². The summed E-state index contributed by atoms with van der Waals surface area (Å²) in [6.07, 6.45) is 9.53. The first-order valence-electron chi connectivity index (χ1n) is 12.6. The fourth-order valence-electron chi connectivity index (χ4n) is 4.65. The molecule has 0 heterocycles. The van der Waals surface area contributed by atoms with Gasteiger partial charge in [-0.25, -0.2) is 0 Å². The lowest BCUT2D eigenvalue weighted by atomic mass is 9.82. The molecular formula is C28H46O6. The van der Waals surface area contributed by atoms with Gasteiger partial charge in [-0.2, -0.15) is 0 Å². The highest BCUT2D eigenvalue weighted by Gasteiger charge is 2.27. The van der Waals surface area contributed by atoms with Crippen molar-refractivity contribution in [2.75, 3.05) is 13.7 Å². The molecule has 5 N–H and O–H groups in total. The second kappa shape index (κ2) is 12.6. The van der Waals surface area contributed by atoms with Crippen LogP contribution in [-0.2, 0) is 4.74 Å². The molecule has 4 atom stereocenters. The molecule has 2 aliphatic carbocycles. The van der Waals surface area contributed by atoms with Crippen LogP contribution in [0.3, 0.4) is 0 Å². The van der Waals surface area contributed by atoms with Crippen molar-refractivity contribution in [1.29, 1.82) is 0 Å². The van der Waals surface area contributed by atoms with E-state index in [2.05, 4.69) is 0 Å². The van der Waals surface area contributed by atoms with Crippen molar-refractivity contribution in [2.24, 2.45) is 5.41 Å². The number of rotatable bonds is 13. The molecule has 0 aromatic rings. The average Bonchev–Trinajstić information content (AvgIpc) is 2.77. The molecule has 0 saturated heterocycles. The van der Waals surface area contributed by atoms with Crippen molar-refractivity contribution in [2.45, 2.75) is 109 Å². The van der Waals surface area contributed by atoms with Crippen LogP contribution in [0, 0.1) is 5.41 Å². The summed E-state index contributed by atoms with van der Waals surface area (Å²) in [6.45, 7) is 8.21. The first kappa shape index (κ1) is 29.0. The van der Waals surface area contributed by atoms with Gasteiger partial charge in [-0.1, -0.05) is 38.2 Å². The zero-order valence-electron chi connectivity index (χ0n) is 21.6. The Bertz CT molecular complexity index is 723. The van der Waals surface area contributed by atoms with Crippen LogP contribution in [-0.4, -0.2) is 69.3 Å². The molecule has 2 rings (SSSR count). The van der Waals surface area contributed by atoms with Gasteiger partial charge in [0, 0.05) is 13.7 Å². The number of methoxy groups -OCH3 is 1. The molecule has 2 aliphatic rings. The second-order valence-corrected chi connectivity index (χ2v) is 11.2. The molecular weight excluding hydrogens is 432 g/mol. The monoisotopic (exact) mass is 478 g/mol. The average molecular weight is 479 g/mol. The molecule has 194 valence electrons. The zero-order valence-corrected chi connectivity index (χ0v) is 21.6. The fourth-order valence-corrected chi connectivity index (χ4v) is 4.65. The van der Waals surface area contributed by atoms with Crippen LogP contribution in [0.4, 0.5) is 0 Å². The first-order valence-corrected chi connectivity index (χ1v) is 12.6. The summed E-state index contributed by atoms with van der Waals surface area (Å²) in [7, 11) is 1.70. The van der Waals surface area contributed by atoms with E-state index in [0.717, 1.165) is 48.0 Å². The molecule has 6 heteroatoms. The number of aliphatic hydroxyl groups is 5. The molecule has 0 amide bonds. The highest BCUT2D eigenvalue weighted by atomic mass is 16.5. The summed E-state index contributed by atoms with van der Waals surface area (Å²) in [6, 6.07) is 0. The lowest BCUT2D eigenvalue weighted by molar-refractivity contribution is 0.0137. The smallest absolute Gasteiger partial charge is 0.0963 e. The van der Waals surface area contributed by atoms with Crippen molar-refractivity contribution in [3.8, 4) is 0 Å². The standard InChI is InChI=1S/C28H46O6/c1-27(2,18-29)12-6-8-19-14-23(30)16-21(25(19)32)10-11-22-17-24(31)15-20(26(22)33)9-7-13-28(3,4)34-5/h14-17,23-26,29-33H,6-13,18H2,1-5H3. The normalized spacial score (nSPS) is 26.1. The van der Waals surface area contributed by atoms with E-state index in [1.807, 2.05) is 27.7 Å². The predicted molar refractivity (Wildman–Crippen MR) is 135 cm³/mol. The summed E-state index contributed by atoms with van der Waals surface area (Å²) in [5, 5.41) is 51.9. The molecule has 0 aliphatic heterocycles. The van der Waals surface area contributed by atoms with Gasteiger partial charge >= 0.3 is 0 Å². The topological polar surface area (TPSA) is 110 Å². The highest BCUT2D eigenvalue weighted by Crippen LogP contribution is 2.33. The number of hydrogen-bond acceptors (Lipinski definition) is 6. The number of ether oxygens (including phenoxy) is 1. The molecule has 0 aromatic carbocycles. The highest BCUT2D eigenvalue weighted by molar-refractivity contribution is 5.35. The van der Waals surface area contributed by atoms with Crippen molar-refractivity contribution < 1.29 is 30.3 Å². The lowest BCUT2D eigenvalue weighted by Gasteiger charge is -2.29. The summed E-state index contributed by atoms with van der Waals surface area (Å²) >= 11 is 0. The third kappa shape index (κ3) is 8.74. The predicted octanol–water partition coefficient (Wildman–Crippen LogP) is 3.73. The zero-order chi connectivity index (χ0) is 25.5. The first-order chi connectivity index (χ1) is 15.9. The molecule has 0 aromatic heterocycles. The Kier molecular flexibility index (Phi) is 10.7. The van der Waals surface area contributed by atoms with Crippen molar-refractivity contribution in [3.05, 3.63) is 46.6 Å². The summed E-state index contributed by atoms with van der Waals surface area (Å²) in [5.74, 6) is 0. The Labute approximate surface area is 205 Å². The van der Waals surface area contributed by atoms with Gasteiger partial charge in [0.1, 0.15) is 0 Å². The maximum absolute atomic E-state index is 10.9. The molecule has 0 saturated carbocycles. The van der Waals surface area contributed by atoms with E-state index < -0.39 is 24.4 Å². The number of hydrogen-bond donors (Lipinski definition) is 5. The van der Waals surface area contributed by atoms with E-state index in [-0.39, 0.29) is 17.6 Å². The maximum atomic E-state index is 10.9. The minimum absolute atomic E-state index is 0.117. The molecule has 0 fully saturated rings. The van der Waals surface area contributed by atoms with Gasteiger partial charge in [0.15, 0.2) is 0 Å². The van der Waals surface area contributed by atoms with Gasteiger partial charge in [0.2, 0.25) is 0 Å². The van der Waals surface area contributed by atoms with Crippen LogP contribution in [0.2, 0.25) is 0 Å². The van der Waals surface area contributed by atoms with Gasteiger partial charge in [-0.3, -0.25) is 0 Å². The van der Waals surface area contributed by atoms with Gasteiger partial charge in [-0.05, 0) is 92.9 Å². The number of aliphatic hydroxyl groups excluding tert-OH is 5. The lowest BCUT2D eigenvalue weighted by Crippen LogP contribution is -2.25. The fraction of sp³-hybridized carbons (Fsp3) is 0.714. The Morgan fingerprint density at radius 3 is 1.44 bits per heavy atom. The van der Waals surface area contributed by atoms with Crippen LogP contribution < -0.4 is 0 Å². The van der Waals surface area contributed by atoms with E-state index in [1.54, 1.807) is 31.4 Å². The Morgan fingerprint density at radius 1 is 0.676 bits per heavy atom. The SMILES string of the molecule is COC(C)(C)CCCC1=CC(O)C=C(CCC2=CC(O)C=C(CCCC(C)(C)CO)C2O)C1O. The van der Waals surface area contributed by atoms with Crippen LogP contribution in [0.15, 0.2) is 46.6 Å². The van der Waals surface area contributed by atoms with E-state index >= 15 is 0 Å². The maximum Gasteiger partial charge on any atom is 0.0963 e.